The van der Waals surface area contributed by atoms with Crippen molar-refractivity contribution >= 4 is 15.9 Å². The second-order valence-electron chi connectivity index (χ2n) is 5.39. The van der Waals surface area contributed by atoms with Crippen LogP contribution in [-0.2, 0) is 11.2 Å². The molecule has 1 atom stereocenters. The lowest BCUT2D eigenvalue weighted by Crippen LogP contribution is -2.25. The van der Waals surface area contributed by atoms with E-state index < -0.39 is 0 Å². The molecule has 1 unspecified atom stereocenters. The molecule has 0 heterocycles. The molecular weight excluding hydrogens is 314 g/mol. The fourth-order valence-electron chi connectivity index (χ4n) is 2.44. The van der Waals surface area contributed by atoms with Crippen LogP contribution in [0, 0.1) is 5.92 Å². The Balaban J connectivity index is 2.43. The number of rotatable bonds is 11. The highest BCUT2D eigenvalue weighted by Crippen LogP contribution is 2.18. The van der Waals surface area contributed by atoms with Crippen LogP contribution in [-0.4, -0.2) is 26.8 Å². The van der Waals surface area contributed by atoms with E-state index in [1.165, 1.54) is 35.7 Å². The molecule has 0 aromatic heterocycles. The van der Waals surface area contributed by atoms with Crippen LogP contribution in [0.15, 0.2) is 28.7 Å². The van der Waals surface area contributed by atoms with Gasteiger partial charge in [0.05, 0.1) is 0 Å². The molecule has 2 nitrogen and oxygen atoms in total. The zero-order valence-electron chi connectivity index (χ0n) is 12.8. The van der Waals surface area contributed by atoms with E-state index in [-0.39, 0.29) is 0 Å². The number of hydrogen-bond acceptors (Lipinski definition) is 2. The molecule has 0 saturated carbocycles. The van der Waals surface area contributed by atoms with Crippen molar-refractivity contribution in [3.05, 3.63) is 34.3 Å². The van der Waals surface area contributed by atoms with Crippen molar-refractivity contribution < 1.29 is 4.74 Å². The summed E-state index contributed by atoms with van der Waals surface area (Å²) in [5.41, 5.74) is 1.43. The van der Waals surface area contributed by atoms with Crippen LogP contribution in [0.1, 0.15) is 38.2 Å². The van der Waals surface area contributed by atoms with Gasteiger partial charge in [-0.1, -0.05) is 41.4 Å². The number of benzene rings is 1. The van der Waals surface area contributed by atoms with Crippen molar-refractivity contribution in [3.63, 3.8) is 0 Å². The Morgan fingerprint density at radius 3 is 2.85 bits per heavy atom. The Bertz CT molecular complexity index is 357. The van der Waals surface area contributed by atoms with Crippen LogP contribution in [0.25, 0.3) is 0 Å². The molecule has 0 radical (unpaired) electrons. The maximum Gasteiger partial charge on any atom is 0.0462 e. The molecule has 1 rings (SSSR count). The molecule has 1 aromatic carbocycles. The predicted octanol–water partition coefficient (Wildman–Crippen LogP) is 4.42. The third-order valence-electron chi connectivity index (χ3n) is 3.48. The summed E-state index contributed by atoms with van der Waals surface area (Å²) in [5, 5.41) is 3.57. The van der Waals surface area contributed by atoms with E-state index in [0.29, 0.717) is 5.92 Å². The first kappa shape index (κ1) is 17.7. The molecule has 0 bridgehead atoms. The molecule has 0 aliphatic heterocycles. The van der Waals surface area contributed by atoms with E-state index in [4.69, 9.17) is 4.74 Å². The van der Waals surface area contributed by atoms with E-state index in [1.54, 1.807) is 7.11 Å². The standard InChI is InChI=1S/C17H28BrNO/c1-3-10-19-14-16(7-4-5-11-20-2)12-15-8-6-9-17(18)13-15/h6,8-9,13,16,19H,3-5,7,10-12,14H2,1-2H3. The molecule has 114 valence electrons. The van der Waals surface area contributed by atoms with Crippen LogP contribution in [0.5, 0.6) is 0 Å². The van der Waals surface area contributed by atoms with Gasteiger partial charge in [-0.2, -0.15) is 0 Å². The molecule has 1 aromatic rings. The number of halogens is 1. The SMILES string of the molecule is CCCNCC(CCCCOC)Cc1cccc(Br)c1. The quantitative estimate of drug-likeness (QED) is 0.601. The zero-order valence-corrected chi connectivity index (χ0v) is 14.4. The average molecular weight is 342 g/mol. The van der Waals surface area contributed by atoms with Crippen molar-refractivity contribution in [3.8, 4) is 0 Å². The number of nitrogens with one attached hydrogen (secondary N) is 1. The van der Waals surface area contributed by atoms with Crippen LogP contribution >= 0.6 is 15.9 Å². The van der Waals surface area contributed by atoms with Crippen molar-refractivity contribution in [1.29, 1.82) is 0 Å². The molecule has 1 N–H and O–H groups in total. The predicted molar refractivity (Wildman–Crippen MR) is 90.2 cm³/mol. The highest BCUT2D eigenvalue weighted by atomic mass is 79.9. The van der Waals surface area contributed by atoms with Crippen molar-refractivity contribution in [2.75, 3.05) is 26.8 Å². The molecule has 0 saturated heterocycles. The summed E-state index contributed by atoms with van der Waals surface area (Å²) in [5.74, 6) is 0.715. The number of methoxy groups -OCH3 is 1. The lowest BCUT2D eigenvalue weighted by atomic mass is 9.94. The van der Waals surface area contributed by atoms with Gasteiger partial charge in [0.25, 0.3) is 0 Å². The Morgan fingerprint density at radius 2 is 2.15 bits per heavy atom. The summed E-state index contributed by atoms with van der Waals surface area (Å²) in [6.07, 6.45) is 6.04. The number of hydrogen-bond donors (Lipinski definition) is 1. The van der Waals surface area contributed by atoms with Crippen molar-refractivity contribution in [2.45, 2.75) is 39.0 Å². The van der Waals surface area contributed by atoms with Gasteiger partial charge in [0, 0.05) is 18.2 Å². The van der Waals surface area contributed by atoms with Gasteiger partial charge in [0.15, 0.2) is 0 Å². The van der Waals surface area contributed by atoms with Crippen LogP contribution in [0.2, 0.25) is 0 Å². The van der Waals surface area contributed by atoms with Gasteiger partial charge < -0.3 is 10.1 Å². The molecule has 0 fully saturated rings. The number of unbranched alkanes of at least 4 members (excludes halogenated alkanes) is 1. The number of ether oxygens (including phenoxy) is 1. The van der Waals surface area contributed by atoms with Crippen LogP contribution in [0.4, 0.5) is 0 Å². The Hall–Kier alpha value is -0.380. The van der Waals surface area contributed by atoms with Gasteiger partial charge in [-0.25, -0.2) is 0 Å². The van der Waals surface area contributed by atoms with E-state index in [0.717, 1.165) is 26.1 Å². The lowest BCUT2D eigenvalue weighted by molar-refractivity contribution is 0.190. The minimum Gasteiger partial charge on any atom is -0.385 e. The Labute approximate surface area is 132 Å². The third kappa shape index (κ3) is 8.03. The molecule has 0 amide bonds. The molecule has 0 aliphatic rings. The van der Waals surface area contributed by atoms with E-state index in [9.17, 15) is 0 Å². The fourth-order valence-corrected chi connectivity index (χ4v) is 2.88. The van der Waals surface area contributed by atoms with Gasteiger partial charge in [-0.05, 0) is 62.4 Å². The smallest absolute Gasteiger partial charge is 0.0462 e. The van der Waals surface area contributed by atoms with Gasteiger partial charge >= 0.3 is 0 Å². The minimum atomic E-state index is 0.715. The summed E-state index contributed by atoms with van der Waals surface area (Å²) >= 11 is 3.56. The molecule has 3 heteroatoms. The normalized spacial score (nSPS) is 12.6. The summed E-state index contributed by atoms with van der Waals surface area (Å²) in [6.45, 7) is 5.33. The minimum absolute atomic E-state index is 0.715. The largest absolute Gasteiger partial charge is 0.385 e. The summed E-state index contributed by atoms with van der Waals surface area (Å²) in [4.78, 5) is 0. The van der Waals surface area contributed by atoms with E-state index >= 15 is 0 Å². The van der Waals surface area contributed by atoms with Gasteiger partial charge in [-0.15, -0.1) is 0 Å². The summed E-state index contributed by atoms with van der Waals surface area (Å²) in [7, 11) is 1.78. The first-order chi connectivity index (χ1) is 9.76. The maximum absolute atomic E-state index is 5.13. The lowest BCUT2D eigenvalue weighted by Gasteiger charge is -2.18. The zero-order chi connectivity index (χ0) is 14.6. The summed E-state index contributed by atoms with van der Waals surface area (Å²) < 4.78 is 6.31. The van der Waals surface area contributed by atoms with Gasteiger partial charge in [-0.3, -0.25) is 0 Å². The topological polar surface area (TPSA) is 21.3 Å². The monoisotopic (exact) mass is 341 g/mol. The van der Waals surface area contributed by atoms with Gasteiger partial charge in [0.2, 0.25) is 0 Å². The second-order valence-corrected chi connectivity index (χ2v) is 6.31. The highest BCUT2D eigenvalue weighted by Gasteiger charge is 2.09. The van der Waals surface area contributed by atoms with Crippen LogP contribution in [0.3, 0.4) is 0 Å². The highest BCUT2D eigenvalue weighted by molar-refractivity contribution is 9.10. The van der Waals surface area contributed by atoms with Crippen molar-refractivity contribution in [1.82, 2.24) is 5.32 Å². The Kier molecular flexibility index (Phi) is 9.98. The first-order valence-electron chi connectivity index (χ1n) is 7.70. The summed E-state index contributed by atoms with van der Waals surface area (Å²) in [6, 6.07) is 8.68. The van der Waals surface area contributed by atoms with E-state index in [1.807, 2.05) is 0 Å². The molecular formula is C17H28BrNO. The Morgan fingerprint density at radius 1 is 1.30 bits per heavy atom. The first-order valence-corrected chi connectivity index (χ1v) is 8.49. The molecule has 0 aliphatic carbocycles. The average Bonchev–Trinajstić information content (AvgIpc) is 2.43. The molecule has 0 spiro atoms. The second kappa shape index (κ2) is 11.3. The third-order valence-corrected chi connectivity index (χ3v) is 3.98. The van der Waals surface area contributed by atoms with Gasteiger partial charge in [0.1, 0.15) is 0 Å². The fraction of sp³-hybridized carbons (Fsp3) is 0.647. The van der Waals surface area contributed by atoms with E-state index in [2.05, 4.69) is 52.4 Å². The van der Waals surface area contributed by atoms with Crippen LogP contribution < -0.4 is 5.32 Å². The molecule has 20 heavy (non-hydrogen) atoms. The maximum atomic E-state index is 5.13. The van der Waals surface area contributed by atoms with Crippen molar-refractivity contribution in [2.24, 2.45) is 5.92 Å².